The molecule has 0 spiro atoms. The molecule has 0 saturated carbocycles. The van der Waals surface area contributed by atoms with Gasteiger partial charge in [-0.2, -0.15) is 4.98 Å². The van der Waals surface area contributed by atoms with E-state index >= 15 is 0 Å². The number of rotatable bonds is 2. The minimum Gasteiger partial charge on any atom is -0.423 e. The average molecular weight is 394 g/mol. The summed E-state index contributed by atoms with van der Waals surface area (Å²) in [6.45, 7) is 2.41. The van der Waals surface area contributed by atoms with Crippen molar-refractivity contribution in [3.63, 3.8) is 0 Å². The van der Waals surface area contributed by atoms with Crippen molar-refractivity contribution in [3.8, 4) is 0 Å². The van der Waals surface area contributed by atoms with Crippen LogP contribution in [0.2, 0.25) is 0 Å². The van der Waals surface area contributed by atoms with Gasteiger partial charge in [0.2, 0.25) is 5.91 Å². The Bertz CT molecular complexity index is 961. The second-order valence-corrected chi connectivity index (χ2v) is 8.52. The minimum absolute atomic E-state index is 0.0665. The number of oxazole rings is 1. The highest BCUT2D eigenvalue weighted by Crippen LogP contribution is 2.35. The second kappa shape index (κ2) is 7.51. The minimum atomic E-state index is 0.0665. The molecule has 6 heteroatoms. The monoisotopic (exact) mass is 393 g/mol. The molecule has 0 atom stereocenters. The number of aromatic nitrogens is 1. The first kappa shape index (κ1) is 17.6. The van der Waals surface area contributed by atoms with E-state index in [2.05, 4.69) is 28.1 Å². The van der Waals surface area contributed by atoms with Gasteiger partial charge in [0.1, 0.15) is 5.52 Å². The Labute approximate surface area is 168 Å². The normalized spacial score (nSPS) is 18.1. The molecule has 0 unspecified atom stereocenters. The van der Waals surface area contributed by atoms with Gasteiger partial charge in [0.15, 0.2) is 5.58 Å². The number of thioether (sulfide) groups is 1. The lowest BCUT2D eigenvalue weighted by atomic mass is 9.95. The summed E-state index contributed by atoms with van der Waals surface area (Å²) in [5.74, 6) is 1.40. The smallest absolute Gasteiger partial charge is 0.298 e. The van der Waals surface area contributed by atoms with Gasteiger partial charge < -0.3 is 14.2 Å². The lowest BCUT2D eigenvalue weighted by Gasteiger charge is -2.33. The summed E-state index contributed by atoms with van der Waals surface area (Å²) in [5.41, 5.74) is 2.78. The van der Waals surface area contributed by atoms with Crippen molar-refractivity contribution in [1.29, 1.82) is 0 Å². The molecule has 1 fully saturated rings. The third-order valence-corrected chi connectivity index (χ3v) is 6.75. The molecule has 28 heavy (non-hydrogen) atoms. The van der Waals surface area contributed by atoms with E-state index in [1.807, 2.05) is 47.0 Å². The molecule has 2 aromatic carbocycles. The van der Waals surface area contributed by atoms with Gasteiger partial charge in [0.25, 0.3) is 6.01 Å². The highest BCUT2D eigenvalue weighted by atomic mass is 32.2. The Hall–Kier alpha value is -2.47. The van der Waals surface area contributed by atoms with Gasteiger partial charge in [-0.1, -0.05) is 24.3 Å². The summed E-state index contributed by atoms with van der Waals surface area (Å²) >= 11 is 1.85. The van der Waals surface area contributed by atoms with Crippen LogP contribution in [0.1, 0.15) is 19.3 Å². The van der Waals surface area contributed by atoms with Crippen molar-refractivity contribution in [2.45, 2.75) is 24.2 Å². The van der Waals surface area contributed by atoms with Gasteiger partial charge in [-0.25, -0.2) is 0 Å². The summed E-state index contributed by atoms with van der Waals surface area (Å²) in [4.78, 5) is 23.3. The van der Waals surface area contributed by atoms with E-state index in [0.717, 1.165) is 61.4 Å². The molecule has 0 bridgehead atoms. The third-order valence-electron chi connectivity index (χ3n) is 5.60. The van der Waals surface area contributed by atoms with Crippen molar-refractivity contribution < 1.29 is 9.21 Å². The largest absolute Gasteiger partial charge is 0.423 e. The average Bonchev–Trinajstić information content (AvgIpc) is 3.07. The van der Waals surface area contributed by atoms with Crippen LogP contribution in [0.3, 0.4) is 0 Å². The standard InChI is InChI=1S/C22H23N3O2S/c26-21(25-12-5-15-28-20-9-4-2-7-18(20)25)16-10-13-24(14-11-16)22-23-17-6-1-3-8-19(17)27-22/h1-4,6-9,16H,5,10-15H2. The highest BCUT2D eigenvalue weighted by Gasteiger charge is 2.32. The lowest BCUT2D eigenvalue weighted by Crippen LogP contribution is -2.43. The maximum absolute atomic E-state index is 13.3. The second-order valence-electron chi connectivity index (χ2n) is 7.39. The quantitative estimate of drug-likeness (QED) is 0.638. The molecule has 3 heterocycles. The van der Waals surface area contributed by atoms with Crippen molar-refractivity contribution in [3.05, 3.63) is 48.5 Å². The molecule has 0 radical (unpaired) electrons. The molecule has 144 valence electrons. The van der Waals surface area contributed by atoms with E-state index in [4.69, 9.17) is 4.42 Å². The van der Waals surface area contributed by atoms with E-state index in [-0.39, 0.29) is 11.8 Å². The van der Waals surface area contributed by atoms with Crippen molar-refractivity contribution in [1.82, 2.24) is 4.98 Å². The fourth-order valence-corrected chi connectivity index (χ4v) is 5.08. The number of hydrogen-bond acceptors (Lipinski definition) is 5. The molecule has 3 aromatic rings. The Morgan fingerprint density at radius 1 is 1.04 bits per heavy atom. The fourth-order valence-electron chi connectivity index (χ4n) is 4.09. The summed E-state index contributed by atoms with van der Waals surface area (Å²) in [5, 5.41) is 0. The Morgan fingerprint density at radius 2 is 1.82 bits per heavy atom. The Kier molecular flexibility index (Phi) is 4.72. The van der Waals surface area contributed by atoms with Crippen LogP contribution in [-0.2, 0) is 4.79 Å². The molecule has 5 rings (SSSR count). The van der Waals surface area contributed by atoms with Crippen LogP contribution in [-0.4, -0.2) is 36.3 Å². The molecule has 1 aromatic heterocycles. The summed E-state index contributed by atoms with van der Waals surface area (Å²) < 4.78 is 5.90. The number of para-hydroxylation sites is 3. The zero-order chi connectivity index (χ0) is 18.9. The first-order chi connectivity index (χ1) is 13.8. The van der Waals surface area contributed by atoms with Crippen LogP contribution in [0.5, 0.6) is 0 Å². The van der Waals surface area contributed by atoms with Crippen LogP contribution < -0.4 is 9.80 Å². The van der Waals surface area contributed by atoms with E-state index in [1.165, 1.54) is 4.90 Å². The summed E-state index contributed by atoms with van der Waals surface area (Å²) in [6, 6.07) is 16.8. The summed E-state index contributed by atoms with van der Waals surface area (Å²) in [6.07, 6.45) is 2.71. The number of carbonyl (C=O) groups is 1. The van der Waals surface area contributed by atoms with Gasteiger partial charge >= 0.3 is 0 Å². The highest BCUT2D eigenvalue weighted by molar-refractivity contribution is 7.99. The van der Waals surface area contributed by atoms with E-state index in [9.17, 15) is 4.79 Å². The maximum atomic E-state index is 13.3. The molecule has 0 aliphatic carbocycles. The third kappa shape index (κ3) is 3.26. The predicted molar refractivity (Wildman–Crippen MR) is 113 cm³/mol. The zero-order valence-corrected chi connectivity index (χ0v) is 16.5. The topological polar surface area (TPSA) is 49.6 Å². The van der Waals surface area contributed by atoms with E-state index in [1.54, 1.807) is 0 Å². The van der Waals surface area contributed by atoms with Crippen molar-refractivity contribution in [2.24, 2.45) is 5.92 Å². The number of benzene rings is 2. The fraction of sp³-hybridized carbons (Fsp3) is 0.364. The molecule has 2 aliphatic heterocycles. The lowest BCUT2D eigenvalue weighted by molar-refractivity contribution is -0.123. The van der Waals surface area contributed by atoms with Crippen molar-refractivity contribution in [2.75, 3.05) is 35.2 Å². The Balaban J connectivity index is 1.29. The van der Waals surface area contributed by atoms with E-state index in [0.29, 0.717) is 6.01 Å². The number of anilines is 2. The van der Waals surface area contributed by atoms with Crippen LogP contribution >= 0.6 is 11.8 Å². The van der Waals surface area contributed by atoms with Crippen LogP contribution in [0.4, 0.5) is 11.7 Å². The molecular formula is C22H23N3O2S. The first-order valence-corrected chi connectivity index (χ1v) is 10.9. The van der Waals surface area contributed by atoms with Gasteiger partial charge in [0.05, 0.1) is 5.69 Å². The number of hydrogen-bond donors (Lipinski definition) is 0. The molecule has 2 aliphatic rings. The van der Waals surface area contributed by atoms with Crippen LogP contribution in [0.15, 0.2) is 57.8 Å². The van der Waals surface area contributed by atoms with Crippen LogP contribution in [0, 0.1) is 5.92 Å². The molecule has 0 N–H and O–H groups in total. The van der Waals surface area contributed by atoms with E-state index < -0.39 is 0 Å². The number of piperidine rings is 1. The molecule has 5 nitrogen and oxygen atoms in total. The van der Waals surface area contributed by atoms with Gasteiger partial charge in [-0.05, 0) is 49.3 Å². The number of carbonyl (C=O) groups excluding carboxylic acids is 1. The number of nitrogens with zero attached hydrogens (tertiary/aromatic N) is 3. The van der Waals surface area contributed by atoms with Gasteiger partial charge in [0, 0.05) is 30.4 Å². The van der Waals surface area contributed by atoms with Gasteiger partial charge in [-0.15, -0.1) is 11.8 Å². The zero-order valence-electron chi connectivity index (χ0n) is 15.7. The molecule has 1 amide bonds. The Morgan fingerprint density at radius 3 is 2.68 bits per heavy atom. The maximum Gasteiger partial charge on any atom is 0.298 e. The predicted octanol–water partition coefficient (Wildman–Crippen LogP) is 4.57. The van der Waals surface area contributed by atoms with Crippen LogP contribution in [0.25, 0.3) is 11.1 Å². The molecular weight excluding hydrogens is 370 g/mol. The van der Waals surface area contributed by atoms with Gasteiger partial charge in [-0.3, -0.25) is 4.79 Å². The first-order valence-electron chi connectivity index (χ1n) is 9.93. The summed E-state index contributed by atoms with van der Waals surface area (Å²) in [7, 11) is 0. The van der Waals surface area contributed by atoms with Crippen molar-refractivity contribution >= 4 is 40.5 Å². The number of fused-ring (bicyclic) bond motifs is 2. The number of amides is 1. The SMILES string of the molecule is O=C(C1CCN(c2nc3ccccc3o2)CC1)N1CCCSc2ccccc21. The molecule has 1 saturated heterocycles.